The molecule has 1 aromatic carbocycles. The van der Waals surface area contributed by atoms with Crippen LogP contribution in [0.15, 0.2) is 24.3 Å². The van der Waals surface area contributed by atoms with Crippen molar-refractivity contribution < 1.29 is 19.4 Å². The van der Waals surface area contributed by atoms with Gasteiger partial charge >= 0.3 is 5.97 Å². The molecule has 0 radical (unpaired) electrons. The summed E-state index contributed by atoms with van der Waals surface area (Å²) < 4.78 is 5.67. The average molecular weight is 372 g/mol. The SMILES string of the molecule is Cc1ccc(-c2nc(NC(=O)[C@@H]3[C@H](C(=O)O)[C@H]4CC[C@H]3O4)sc2C)cc1. The first-order valence-corrected chi connectivity index (χ1v) is 9.49. The molecule has 0 aliphatic carbocycles. The third kappa shape index (κ3) is 2.91. The average Bonchev–Trinajstić information content (AvgIpc) is 3.29. The zero-order chi connectivity index (χ0) is 18.4. The molecule has 2 saturated heterocycles. The number of nitrogens with one attached hydrogen (secondary N) is 1. The van der Waals surface area contributed by atoms with Crippen LogP contribution in [-0.4, -0.2) is 34.2 Å². The molecule has 2 aromatic rings. The van der Waals surface area contributed by atoms with Gasteiger partial charge in [-0.3, -0.25) is 9.59 Å². The fraction of sp³-hybridized carbons (Fsp3) is 0.421. The Morgan fingerprint density at radius 2 is 1.81 bits per heavy atom. The summed E-state index contributed by atoms with van der Waals surface area (Å²) >= 11 is 1.40. The number of carboxylic acid groups (broad SMARTS) is 1. The van der Waals surface area contributed by atoms with Crippen LogP contribution in [0.3, 0.4) is 0 Å². The second-order valence-corrected chi connectivity index (χ2v) is 8.16. The number of benzene rings is 1. The van der Waals surface area contributed by atoms with Gasteiger partial charge in [0.2, 0.25) is 5.91 Å². The van der Waals surface area contributed by atoms with E-state index in [1.165, 1.54) is 16.9 Å². The maximum atomic E-state index is 12.7. The topological polar surface area (TPSA) is 88.5 Å². The van der Waals surface area contributed by atoms with Gasteiger partial charge in [-0.25, -0.2) is 4.98 Å². The van der Waals surface area contributed by atoms with Crippen LogP contribution in [0, 0.1) is 25.7 Å². The van der Waals surface area contributed by atoms with E-state index in [1.807, 2.05) is 38.1 Å². The summed E-state index contributed by atoms with van der Waals surface area (Å²) in [4.78, 5) is 29.8. The Morgan fingerprint density at radius 1 is 1.15 bits per heavy atom. The molecule has 2 fully saturated rings. The summed E-state index contributed by atoms with van der Waals surface area (Å²) in [5.41, 5.74) is 3.01. The molecule has 0 saturated carbocycles. The van der Waals surface area contributed by atoms with Crippen LogP contribution in [-0.2, 0) is 14.3 Å². The molecule has 4 rings (SSSR count). The number of aliphatic carboxylic acids is 1. The van der Waals surface area contributed by atoms with E-state index in [2.05, 4.69) is 10.3 Å². The molecule has 3 heterocycles. The van der Waals surface area contributed by atoms with Gasteiger partial charge in [0.25, 0.3) is 0 Å². The first-order chi connectivity index (χ1) is 12.4. The predicted molar refractivity (Wildman–Crippen MR) is 98.2 cm³/mol. The summed E-state index contributed by atoms with van der Waals surface area (Å²) in [5, 5.41) is 12.8. The summed E-state index contributed by atoms with van der Waals surface area (Å²) in [7, 11) is 0. The third-order valence-corrected chi connectivity index (χ3v) is 6.10. The van der Waals surface area contributed by atoms with Gasteiger partial charge < -0.3 is 15.2 Å². The Bertz CT molecular complexity index is 861. The van der Waals surface area contributed by atoms with Crippen molar-refractivity contribution >= 4 is 28.3 Å². The van der Waals surface area contributed by atoms with Gasteiger partial charge in [0.1, 0.15) is 0 Å². The Labute approximate surface area is 155 Å². The highest BCUT2D eigenvalue weighted by Crippen LogP contribution is 2.44. The summed E-state index contributed by atoms with van der Waals surface area (Å²) in [6.07, 6.45) is 0.783. The standard InChI is InChI=1S/C19H20N2O4S/c1-9-3-5-11(6-4-9)16-10(2)26-19(20-16)21-17(22)14-12-7-8-13(25-12)15(14)18(23)24/h3-6,12-15H,7-8H2,1-2H3,(H,23,24)(H,20,21,22)/t12-,13-,14+,15-/m1/s1. The van der Waals surface area contributed by atoms with Crippen LogP contribution in [0.2, 0.25) is 0 Å². The normalized spacial score (nSPS) is 26.8. The molecular formula is C19H20N2O4S. The number of hydrogen-bond acceptors (Lipinski definition) is 5. The summed E-state index contributed by atoms with van der Waals surface area (Å²) in [6.45, 7) is 3.99. The van der Waals surface area contributed by atoms with Crippen LogP contribution in [0.1, 0.15) is 23.3 Å². The van der Waals surface area contributed by atoms with Crippen LogP contribution in [0.4, 0.5) is 5.13 Å². The van der Waals surface area contributed by atoms with E-state index in [0.717, 1.165) is 22.6 Å². The monoisotopic (exact) mass is 372 g/mol. The quantitative estimate of drug-likeness (QED) is 0.860. The van der Waals surface area contributed by atoms with Gasteiger partial charge in [-0.1, -0.05) is 29.8 Å². The van der Waals surface area contributed by atoms with Crippen molar-refractivity contribution in [1.82, 2.24) is 4.98 Å². The minimum atomic E-state index is -0.965. The van der Waals surface area contributed by atoms with E-state index in [1.54, 1.807) is 0 Å². The molecule has 1 aromatic heterocycles. The van der Waals surface area contributed by atoms with E-state index in [0.29, 0.717) is 11.6 Å². The fourth-order valence-corrected chi connectivity index (χ4v) is 4.78. The van der Waals surface area contributed by atoms with Crippen LogP contribution >= 0.6 is 11.3 Å². The van der Waals surface area contributed by atoms with Gasteiger partial charge in [-0.05, 0) is 26.7 Å². The molecule has 26 heavy (non-hydrogen) atoms. The number of anilines is 1. The Balaban J connectivity index is 1.54. The highest BCUT2D eigenvalue weighted by atomic mass is 32.1. The number of thiazole rings is 1. The van der Waals surface area contributed by atoms with Gasteiger partial charge in [0, 0.05) is 10.4 Å². The second kappa shape index (κ2) is 6.48. The highest BCUT2D eigenvalue weighted by molar-refractivity contribution is 7.16. The number of carbonyl (C=O) groups is 2. The number of nitrogens with zero attached hydrogens (tertiary/aromatic N) is 1. The summed E-state index contributed by atoms with van der Waals surface area (Å²) in [5.74, 6) is -2.70. The zero-order valence-corrected chi connectivity index (χ0v) is 15.4. The zero-order valence-electron chi connectivity index (χ0n) is 14.6. The molecule has 1 amide bonds. The van der Waals surface area contributed by atoms with Crippen molar-refractivity contribution in [2.45, 2.75) is 38.9 Å². The Kier molecular flexibility index (Phi) is 4.28. The van der Waals surface area contributed by atoms with Gasteiger partial charge in [0.15, 0.2) is 5.13 Å². The molecule has 4 atom stereocenters. The van der Waals surface area contributed by atoms with E-state index in [9.17, 15) is 14.7 Å². The van der Waals surface area contributed by atoms with E-state index < -0.39 is 17.8 Å². The smallest absolute Gasteiger partial charge is 0.310 e. The molecule has 2 aliphatic rings. The minimum Gasteiger partial charge on any atom is -0.481 e. The second-order valence-electron chi connectivity index (χ2n) is 6.96. The van der Waals surface area contributed by atoms with Crippen molar-refractivity contribution in [2.75, 3.05) is 5.32 Å². The number of fused-ring (bicyclic) bond motifs is 2. The molecule has 2 N–H and O–H groups in total. The number of rotatable bonds is 4. The number of carbonyl (C=O) groups excluding carboxylic acids is 1. The lowest BCUT2D eigenvalue weighted by atomic mass is 9.79. The molecule has 2 bridgehead atoms. The lowest BCUT2D eigenvalue weighted by Gasteiger charge is -2.23. The number of carboxylic acids is 1. The largest absolute Gasteiger partial charge is 0.481 e. The summed E-state index contributed by atoms with van der Waals surface area (Å²) in [6, 6.07) is 8.06. The van der Waals surface area contributed by atoms with Gasteiger partial charge in [-0.2, -0.15) is 0 Å². The maximum Gasteiger partial charge on any atom is 0.310 e. The third-order valence-electron chi connectivity index (χ3n) is 5.21. The van der Waals surface area contributed by atoms with Crippen LogP contribution in [0.5, 0.6) is 0 Å². The van der Waals surface area contributed by atoms with E-state index >= 15 is 0 Å². The molecule has 136 valence electrons. The Hall–Kier alpha value is -2.25. The first-order valence-electron chi connectivity index (χ1n) is 8.67. The van der Waals surface area contributed by atoms with E-state index in [4.69, 9.17) is 4.74 Å². The minimum absolute atomic E-state index is 0.307. The van der Waals surface area contributed by atoms with Crippen LogP contribution in [0.25, 0.3) is 11.3 Å². The van der Waals surface area contributed by atoms with Gasteiger partial charge in [0.05, 0.1) is 29.7 Å². The molecule has 7 heteroatoms. The van der Waals surface area contributed by atoms with Crippen molar-refractivity contribution in [3.8, 4) is 11.3 Å². The first kappa shape index (κ1) is 17.2. The number of aryl methyl sites for hydroxylation is 2. The molecular weight excluding hydrogens is 352 g/mol. The lowest BCUT2D eigenvalue weighted by molar-refractivity contribution is -0.147. The van der Waals surface area contributed by atoms with Gasteiger partial charge in [-0.15, -0.1) is 11.3 Å². The number of aromatic nitrogens is 1. The van der Waals surface area contributed by atoms with Crippen LogP contribution < -0.4 is 5.32 Å². The number of ether oxygens (including phenoxy) is 1. The van der Waals surface area contributed by atoms with E-state index in [-0.39, 0.29) is 18.1 Å². The van der Waals surface area contributed by atoms with Crippen molar-refractivity contribution in [3.05, 3.63) is 34.7 Å². The lowest BCUT2D eigenvalue weighted by Crippen LogP contribution is -2.40. The predicted octanol–water partition coefficient (Wildman–Crippen LogP) is 3.24. The molecule has 6 nitrogen and oxygen atoms in total. The highest BCUT2D eigenvalue weighted by Gasteiger charge is 2.55. The molecule has 0 unspecified atom stereocenters. The molecule has 0 spiro atoms. The maximum absolute atomic E-state index is 12.7. The van der Waals surface area contributed by atoms with Crippen molar-refractivity contribution in [1.29, 1.82) is 0 Å². The molecule has 2 aliphatic heterocycles. The number of amides is 1. The fourth-order valence-electron chi connectivity index (χ4n) is 3.94. The number of hydrogen-bond donors (Lipinski definition) is 2. The van der Waals surface area contributed by atoms with Crippen molar-refractivity contribution in [3.63, 3.8) is 0 Å². The Morgan fingerprint density at radius 3 is 2.46 bits per heavy atom. The van der Waals surface area contributed by atoms with Crippen molar-refractivity contribution in [2.24, 2.45) is 11.8 Å².